The van der Waals surface area contributed by atoms with Crippen molar-refractivity contribution >= 4 is 28.7 Å². The first-order chi connectivity index (χ1) is 13.2. The van der Waals surface area contributed by atoms with Crippen LogP contribution in [0.4, 0.5) is 9.52 Å². The minimum absolute atomic E-state index is 0.0326. The van der Waals surface area contributed by atoms with E-state index >= 15 is 0 Å². The van der Waals surface area contributed by atoms with E-state index in [1.807, 2.05) is 0 Å². The molecule has 2 aromatic carbocycles. The standard InChI is InChI=1S/C20H16FN3O2S/c21-17-4-2-1-3-16(17)19(26)24(11-13-5-6-13)20-23-22-18(27-20)15-9-7-14(12-25)8-10-15/h1-4,7-10,12-13H,5-6,11H2. The van der Waals surface area contributed by atoms with Crippen LogP contribution in [0.25, 0.3) is 10.6 Å². The van der Waals surface area contributed by atoms with Gasteiger partial charge in [0.1, 0.15) is 17.1 Å². The van der Waals surface area contributed by atoms with Gasteiger partial charge >= 0.3 is 0 Å². The Bertz CT molecular complexity index is 983. The smallest absolute Gasteiger partial charge is 0.263 e. The van der Waals surface area contributed by atoms with Crippen LogP contribution in [0, 0.1) is 11.7 Å². The van der Waals surface area contributed by atoms with E-state index in [2.05, 4.69) is 10.2 Å². The molecule has 4 rings (SSSR count). The second-order valence-corrected chi connectivity index (χ2v) is 7.42. The number of carbonyl (C=O) groups is 2. The molecule has 1 amide bonds. The quantitative estimate of drug-likeness (QED) is 0.600. The van der Waals surface area contributed by atoms with Gasteiger partial charge in [0, 0.05) is 17.7 Å². The van der Waals surface area contributed by atoms with Crippen LogP contribution in [0.1, 0.15) is 33.6 Å². The largest absolute Gasteiger partial charge is 0.298 e. The van der Waals surface area contributed by atoms with Gasteiger partial charge in [-0.05, 0) is 30.9 Å². The number of benzene rings is 2. The first-order valence-electron chi connectivity index (χ1n) is 8.61. The summed E-state index contributed by atoms with van der Waals surface area (Å²) in [6, 6.07) is 13.0. The van der Waals surface area contributed by atoms with Gasteiger partial charge in [-0.1, -0.05) is 47.7 Å². The number of carbonyl (C=O) groups excluding carboxylic acids is 2. The number of aldehydes is 1. The molecule has 0 saturated heterocycles. The van der Waals surface area contributed by atoms with Gasteiger partial charge in [-0.2, -0.15) is 0 Å². The van der Waals surface area contributed by atoms with Crippen molar-refractivity contribution in [1.29, 1.82) is 0 Å². The molecule has 0 unspecified atom stereocenters. The summed E-state index contributed by atoms with van der Waals surface area (Å²) in [5, 5.41) is 9.45. The number of rotatable bonds is 6. The van der Waals surface area contributed by atoms with Crippen molar-refractivity contribution in [3.63, 3.8) is 0 Å². The zero-order chi connectivity index (χ0) is 18.8. The van der Waals surface area contributed by atoms with Crippen molar-refractivity contribution < 1.29 is 14.0 Å². The normalized spacial score (nSPS) is 13.4. The predicted molar refractivity (Wildman–Crippen MR) is 102 cm³/mol. The maximum Gasteiger partial charge on any atom is 0.263 e. The molecule has 1 fully saturated rings. The maximum absolute atomic E-state index is 14.1. The Morgan fingerprint density at radius 3 is 2.56 bits per heavy atom. The number of nitrogens with zero attached hydrogens (tertiary/aromatic N) is 3. The Hall–Kier alpha value is -2.93. The van der Waals surface area contributed by atoms with Crippen molar-refractivity contribution in [1.82, 2.24) is 10.2 Å². The first kappa shape index (κ1) is 17.5. The van der Waals surface area contributed by atoms with Crippen LogP contribution in [-0.2, 0) is 0 Å². The maximum atomic E-state index is 14.1. The molecule has 1 aliphatic carbocycles. The zero-order valence-electron chi connectivity index (χ0n) is 14.3. The molecule has 0 spiro atoms. The van der Waals surface area contributed by atoms with Gasteiger partial charge in [-0.25, -0.2) is 4.39 Å². The minimum atomic E-state index is -0.544. The van der Waals surface area contributed by atoms with Crippen molar-refractivity contribution in [2.45, 2.75) is 12.8 Å². The number of aromatic nitrogens is 2. The van der Waals surface area contributed by atoms with Gasteiger partial charge < -0.3 is 0 Å². The molecule has 0 aliphatic heterocycles. The third-order valence-corrected chi connectivity index (χ3v) is 5.42. The van der Waals surface area contributed by atoms with E-state index < -0.39 is 11.7 Å². The lowest BCUT2D eigenvalue weighted by Gasteiger charge is -2.19. The van der Waals surface area contributed by atoms with Crippen molar-refractivity contribution in [2.75, 3.05) is 11.4 Å². The molecule has 5 nitrogen and oxygen atoms in total. The third-order valence-electron chi connectivity index (χ3n) is 4.43. The number of hydrogen-bond acceptors (Lipinski definition) is 5. The van der Waals surface area contributed by atoms with Crippen molar-refractivity contribution in [2.24, 2.45) is 5.92 Å². The fraction of sp³-hybridized carbons (Fsp3) is 0.200. The lowest BCUT2D eigenvalue weighted by Crippen LogP contribution is -2.33. The molecular formula is C20H16FN3O2S. The Morgan fingerprint density at radius 2 is 1.89 bits per heavy atom. The van der Waals surface area contributed by atoms with Gasteiger partial charge in [0.2, 0.25) is 5.13 Å². The van der Waals surface area contributed by atoms with Crippen LogP contribution in [0.3, 0.4) is 0 Å². The van der Waals surface area contributed by atoms with E-state index in [4.69, 9.17) is 0 Å². The summed E-state index contributed by atoms with van der Waals surface area (Å²) in [6.45, 7) is 0.506. The molecule has 0 N–H and O–H groups in total. The second kappa shape index (κ2) is 7.36. The van der Waals surface area contributed by atoms with E-state index in [0.717, 1.165) is 24.7 Å². The monoisotopic (exact) mass is 381 g/mol. The fourth-order valence-corrected chi connectivity index (χ4v) is 3.59. The highest BCUT2D eigenvalue weighted by Crippen LogP contribution is 2.35. The molecule has 136 valence electrons. The van der Waals surface area contributed by atoms with Gasteiger partial charge in [-0.15, -0.1) is 10.2 Å². The van der Waals surface area contributed by atoms with Gasteiger partial charge in [-0.3, -0.25) is 14.5 Å². The fourth-order valence-electron chi connectivity index (χ4n) is 2.73. The highest BCUT2D eigenvalue weighted by Gasteiger charge is 2.31. The highest BCUT2D eigenvalue weighted by atomic mass is 32.1. The van der Waals surface area contributed by atoms with Crippen LogP contribution < -0.4 is 4.90 Å². The third kappa shape index (κ3) is 3.78. The van der Waals surface area contributed by atoms with E-state index in [-0.39, 0.29) is 5.56 Å². The zero-order valence-corrected chi connectivity index (χ0v) is 15.2. The number of hydrogen-bond donors (Lipinski definition) is 0. The molecule has 1 heterocycles. The lowest BCUT2D eigenvalue weighted by molar-refractivity contribution is 0.0981. The number of halogens is 1. The van der Waals surface area contributed by atoms with Crippen LogP contribution in [-0.4, -0.2) is 28.9 Å². The summed E-state index contributed by atoms with van der Waals surface area (Å²) in [5.74, 6) is -0.531. The van der Waals surface area contributed by atoms with E-state index in [1.165, 1.54) is 28.4 Å². The molecule has 0 atom stereocenters. The Labute approximate surface area is 159 Å². The van der Waals surface area contributed by atoms with E-state index in [9.17, 15) is 14.0 Å². The summed E-state index contributed by atoms with van der Waals surface area (Å²) < 4.78 is 14.1. The lowest BCUT2D eigenvalue weighted by atomic mass is 10.2. The van der Waals surface area contributed by atoms with Crippen LogP contribution >= 0.6 is 11.3 Å². The van der Waals surface area contributed by atoms with Crippen molar-refractivity contribution in [3.8, 4) is 10.6 Å². The predicted octanol–water partition coefficient (Wildman–Crippen LogP) is 4.21. The summed E-state index contributed by atoms with van der Waals surface area (Å²) in [5.41, 5.74) is 1.42. The van der Waals surface area contributed by atoms with Crippen molar-refractivity contribution in [3.05, 3.63) is 65.5 Å². The molecule has 7 heteroatoms. The summed E-state index contributed by atoms with van der Waals surface area (Å²) in [6.07, 6.45) is 2.89. The highest BCUT2D eigenvalue weighted by molar-refractivity contribution is 7.18. The Morgan fingerprint density at radius 1 is 1.15 bits per heavy atom. The Balaban J connectivity index is 1.64. The molecular weight excluding hydrogens is 365 g/mol. The van der Waals surface area contributed by atoms with Gasteiger partial charge in [0.15, 0.2) is 0 Å². The molecule has 1 saturated carbocycles. The topological polar surface area (TPSA) is 63.2 Å². The van der Waals surface area contributed by atoms with Crippen LogP contribution in [0.15, 0.2) is 48.5 Å². The number of amides is 1. The van der Waals surface area contributed by atoms with Gasteiger partial charge in [0.25, 0.3) is 5.91 Å². The average Bonchev–Trinajstić information content (AvgIpc) is 3.40. The molecule has 27 heavy (non-hydrogen) atoms. The van der Waals surface area contributed by atoms with E-state index in [0.29, 0.717) is 28.2 Å². The summed E-state index contributed by atoms with van der Waals surface area (Å²) in [4.78, 5) is 25.3. The summed E-state index contributed by atoms with van der Waals surface area (Å²) in [7, 11) is 0. The molecule has 3 aromatic rings. The van der Waals surface area contributed by atoms with Gasteiger partial charge in [0.05, 0.1) is 5.56 Å². The number of anilines is 1. The average molecular weight is 381 g/mol. The SMILES string of the molecule is O=Cc1ccc(-c2nnc(N(CC3CC3)C(=O)c3ccccc3F)s2)cc1. The first-order valence-corrected chi connectivity index (χ1v) is 9.43. The van der Waals surface area contributed by atoms with Crippen LogP contribution in [0.5, 0.6) is 0 Å². The van der Waals surface area contributed by atoms with Crippen LogP contribution in [0.2, 0.25) is 0 Å². The molecule has 0 bridgehead atoms. The summed E-state index contributed by atoms with van der Waals surface area (Å²) >= 11 is 1.28. The second-order valence-electron chi connectivity index (χ2n) is 6.47. The minimum Gasteiger partial charge on any atom is -0.298 e. The molecule has 1 aliphatic rings. The molecule has 1 aromatic heterocycles. The van der Waals surface area contributed by atoms with E-state index in [1.54, 1.807) is 36.4 Å². The molecule has 0 radical (unpaired) electrons. The Kier molecular flexibility index (Phi) is 4.77.